The molecule has 0 aromatic carbocycles. The van der Waals surface area contributed by atoms with E-state index in [4.69, 9.17) is 4.74 Å². The third-order valence-corrected chi connectivity index (χ3v) is 4.81. The SMILES string of the molecule is CC(NC1CC2CCC(C1)N2C(=O)OC(C)(C)C)c1ccn[nH]1. The van der Waals surface area contributed by atoms with Gasteiger partial charge in [0.25, 0.3) is 0 Å². The van der Waals surface area contributed by atoms with Gasteiger partial charge in [-0.25, -0.2) is 4.79 Å². The Bertz CT molecular complexity index is 523. The number of hydrogen-bond donors (Lipinski definition) is 2. The molecule has 2 saturated heterocycles. The Morgan fingerprint density at radius 3 is 2.57 bits per heavy atom. The van der Waals surface area contributed by atoms with Crippen LogP contribution in [0.5, 0.6) is 0 Å². The normalized spacial score (nSPS) is 28.7. The Morgan fingerprint density at radius 1 is 1.39 bits per heavy atom. The molecule has 2 N–H and O–H groups in total. The molecule has 128 valence electrons. The van der Waals surface area contributed by atoms with Crippen molar-refractivity contribution in [2.75, 3.05) is 0 Å². The third kappa shape index (κ3) is 3.68. The van der Waals surface area contributed by atoms with E-state index in [1.54, 1.807) is 6.20 Å². The lowest BCUT2D eigenvalue weighted by atomic mass is 9.96. The molecule has 6 nitrogen and oxygen atoms in total. The first-order valence-electron chi connectivity index (χ1n) is 8.60. The van der Waals surface area contributed by atoms with Crippen LogP contribution in [0.15, 0.2) is 12.3 Å². The van der Waals surface area contributed by atoms with E-state index in [0.717, 1.165) is 31.4 Å². The molecule has 0 spiro atoms. The van der Waals surface area contributed by atoms with Crippen molar-refractivity contribution in [3.05, 3.63) is 18.0 Å². The highest BCUT2D eigenvalue weighted by Crippen LogP contribution is 2.37. The number of aromatic amines is 1. The molecule has 2 bridgehead atoms. The maximum atomic E-state index is 12.5. The number of ether oxygens (including phenoxy) is 1. The van der Waals surface area contributed by atoms with E-state index in [9.17, 15) is 4.79 Å². The number of carbonyl (C=O) groups excluding carboxylic acids is 1. The first-order chi connectivity index (χ1) is 10.8. The number of fused-ring (bicyclic) bond motifs is 2. The van der Waals surface area contributed by atoms with Gasteiger partial charge in [-0.3, -0.25) is 5.10 Å². The van der Waals surface area contributed by atoms with Crippen LogP contribution >= 0.6 is 0 Å². The van der Waals surface area contributed by atoms with Crippen molar-refractivity contribution in [2.24, 2.45) is 0 Å². The van der Waals surface area contributed by atoms with Crippen LogP contribution in [0, 0.1) is 0 Å². The molecule has 3 heterocycles. The van der Waals surface area contributed by atoms with Crippen LogP contribution < -0.4 is 5.32 Å². The average molecular weight is 320 g/mol. The van der Waals surface area contributed by atoms with Gasteiger partial charge in [-0.2, -0.15) is 5.10 Å². The second kappa shape index (κ2) is 6.15. The summed E-state index contributed by atoms with van der Waals surface area (Å²) < 4.78 is 5.59. The van der Waals surface area contributed by atoms with Crippen LogP contribution in [0.3, 0.4) is 0 Å². The summed E-state index contributed by atoms with van der Waals surface area (Å²) in [6, 6.07) is 3.28. The molecular weight excluding hydrogens is 292 g/mol. The standard InChI is InChI=1S/C17H28N4O2/c1-11(15-7-8-18-20-15)19-12-9-13-5-6-14(10-12)21(13)16(22)23-17(2,3)4/h7-8,11-14,19H,5-6,9-10H2,1-4H3,(H,18,20). The number of aromatic nitrogens is 2. The van der Waals surface area contributed by atoms with E-state index in [0.29, 0.717) is 18.1 Å². The van der Waals surface area contributed by atoms with Crippen LogP contribution in [-0.4, -0.2) is 44.9 Å². The van der Waals surface area contributed by atoms with E-state index < -0.39 is 5.60 Å². The fourth-order valence-electron chi connectivity index (χ4n) is 3.88. The van der Waals surface area contributed by atoms with Gasteiger partial charge in [0, 0.05) is 30.4 Å². The highest BCUT2D eigenvalue weighted by Gasteiger charge is 2.44. The lowest BCUT2D eigenvalue weighted by Crippen LogP contribution is -2.52. The molecule has 1 aromatic rings. The van der Waals surface area contributed by atoms with Crippen LogP contribution in [0.2, 0.25) is 0 Å². The van der Waals surface area contributed by atoms with Crippen molar-refractivity contribution in [3.63, 3.8) is 0 Å². The molecular formula is C17H28N4O2. The van der Waals surface area contributed by atoms with Crippen molar-refractivity contribution in [3.8, 4) is 0 Å². The summed E-state index contributed by atoms with van der Waals surface area (Å²) in [6.07, 6.45) is 5.79. The Hall–Kier alpha value is -1.56. The first kappa shape index (κ1) is 16.3. The summed E-state index contributed by atoms with van der Waals surface area (Å²) in [7, 11) is 0. The highest BCUT2D eigenvalue weighted by atomic mass is 16.6. The third-order valence-electron chi connectivity index (χ3n) is 4.81. The van der Waals surface area contributed by atoms with E-state index in [-0.39, 0.29) is 12.1 Å². The molecule has 0 aliphatic carbocycles. The predicted molar refractivity (Wildman–Crippen MR) is 88.0 cm³/mol. The van der Waals surface area contributed by atoms with Crippen LogP contribution in [0.25, 0.3) is 0 Å². The summed E-state index contributed by atoms with van der Waals surface area (Å²) in [4.78, 5) is 14.5. The van der Waals surface area contributed by atoms with Gasteiger partial charge in [0.15, 0.2) is 0 Å². The molecule has 2 aliphatic heterocycles. The van der Waals surface area contributed by atoms with Gasteiger partial charge in [-0.05, 0) is 59.4 Å². The number of H-pyrrole nitrogens is 1. The Labute approximate surface area is 138 Å². The minimum absolute atomic E-state index is 0.148. The molecule has 23 heavy (non-hydrogen) atoms. The van der Waals surface area contributed by atoms with E-state index in [2.05, 4.69) is 22.4 Å². The highest BCUT2D eigenvalue weighted by molar-refractivity contribution is 5.69. The van der Waals surface area contributed by atoms with Crippen molar-refractivity contribution in [2.45, 2.75) is 83.1 Å². The maximum Gasteiger partial charge on any atom is 0.410 e. The zero-order chi connectivity index (χ0) is 16.6. The quantitative estimate of drug-likeness (QED) is 0.898. The van der Waals surface area contributed by atoms with Crippen molar-refractivity contribution < 1.29 is 9.53 Å². The number of nitrogens with zero attached hydrogens (tertiary/aromatic N) is 2. The molecule has 1 amide bonds. The Morgan fingerprint density at radius 2 is 2.04 bits per heavy atom. The summed E-state index contributed by atoms with van der Waals surface area (Å²) in [6.45, 7) is 7.92. The van der Waals surface area contributed by atoms with Gasteiger partial charge in [-0.1, -0.05) is 0 Å². The number of hydrogen-bond acceptors (Lipinski definition) is 4. The summed E-state index contributed by atoms with van der Waals surface area (Å²) in [5.74, 6) is 0. The summed E-state index contributed by atoms with van der Waals surface area (Å²) in [5.41, 5.74) is 0.674. The average Bonchev–Trinajstić information content (AvgIpc) is 3.04. The molecule has 0 radical (unpaired) electrons. The summed E-state index contributed by atoms with van der Waals surface area (Å²) in [5, 5.41) is 10.7. The molecule has 3 rings (SSSR count). The summed E-state index contributed by atoms with van der Waals surface area (Å²) >= 11 is 0. The van der Waals surface area contributed by atoms with Gasteiger partial charge in [-0.15, -0.1) is 0 Å². The second-order valence-corrected chi connectivity index (χ2v) is 7.84. The number of piperidine rings is 1. The fourth-order valence-corrected chi connectivity index (χ4v) is 3.88. The van der Waals surface area contributed by atoms with Gasteiger partial charge < -0.3 is 15.0 Å². The lowest BCUT2D eigenvalue weighted by molar-refractivity contribution is 0.00433. The second-order valence-electron chi connectivity index (χ2n) is 7.84. The number of amides is 1. The Kier molecular flexibility index (Phi) is 4.36. The van der Waals surface area contributed by atoms with E-state index in [1.807, 2.05) is 31.7 Å². The zero-order valence-electron chi connectivity index (χ0n) is 14.5. The van der Waals surface area contributed by atoms with Crippen LogP contribution in [-0.2, 0) is 4.74 Å². The van der Waals surface area contributed by atoms with Crippen molar-refractivity contribution in [1.82, 2.24) is 20.4 Å². The predicted octanol–water partition coefficient (Wildman–Crippen LogP) is 2.99. The number of rotatable bonds is 3. The van der Waals surface area contributed by atoms with Gasteiger partial charge in [0.2, 0.25) is 0 Å². The molecule has 1 aromatic heterocycles. The zero-order valence-corrected chi connectivity index (χ0v) is 14.5. The molecule has 3 atom stereocenters. The van der Waals surface area contributed by atoms with Crippen LogP contribution in [0.1, 0.15) is 65.1 Å². The Balaban J connectivity index is 1.59. The molecule has 0 saturated carbocycles. The smallest absolute Gasteiger partial charge is 0.410 e. The monoisotopic (exact) mass is 320 g/mol. The molecule has 2 aliphatic rings. The van der Waals surface area contributed by atoms with Gasteiger partial charge in [0.1, 0.15) is 5.60 Å². The first-order valence-corrected chi connectivity index (χ1v) is 8.60. The molecule has 3 unspecified atom stereocenters. The fraction of sp³-hybridized carbons (Fsp3) is 0.765. The molecule has 2 fully saturated rings. The maximum absolute atomic E-state index is 12.5. The topological polar surface area (TPSA) is 70.2 Å². The molecule has 6 heteroatoms. The number of carbonyl (C=O) groups is 1. The minimum atomic E-state index is -0.430. The van der Waals surface area contributed by atoms with Gasteiger partial charge in [0.05, 0.1) is 5.69 Å². The van der Waals surface area contributed by atoms with E-state index >= 15 is 0 Å². The minimum Gasteiger partial charge on any atom is -0.444 e. The van der Waals surface area contributed by atoms with E-state index in [1.165, 1.54) is 0 Å². The lowest BCUT2D eigenvalue weighted by Gasteiger charge is -2.40. The van der Waals surface area contributed by atoms with Gasteiger partial charge >= 0.3 is 6.09 Å². The number of nitrogens with one attached hydrogen (secondary N) is 2. The van der Waals surface area contributed by atoms with Crippen LogP contribution in [0.4, 0.5) is 4.79 Å². The largest absolute Gasteiger partial charge is 0.444 e. The van der Waals surface area contributed by atoms with Crippen molar-refractivity contribution in [1.29, 1.82) is 0 Å². The van der Waals surface area contributed by atoms with Crippen molar-refractivity contribution >= 4 is 6.09 Å².